The van der Waals surface area contributed by atoms with E-state index < -0.39 is 0 Å². The molecule has 0 saturated carbocycles. The van der Waals surface area contributed by atoms with Crippen molar-refractivity contribution < 1.29 is 9.47 Å². The van der Waals surface area contributed by atoms with Gasteiger partial charge < -0.3 is 20.1 Å². The Bertz CT molecular complexity index is 553. The lowest BCUT2D eigenvalue weighted by Gasteiger charge is -2.47. The van der Waals surface area contributed by atoms with Gasteiger partial charge in [0.1, 0.15) is 5.75 Å². The number of ether oxygens (including phenoxy) is 2. The van der Waals surface area contributed by atoms with Gasteiger partial charge in [-0.2, -0.15) is 0 Å². The Morgan fingerprint density at radius 1 is 1.29 bits per heavy atom. The number of guanidine groups is 1. The van der Waals surface area contributed by atoms with Crippen molar-refractivity contribution in [2.75, 3.05) is 25.2 Å². The fourth-order valence-corrected chi connectivity index (χ4v) is 3.52. The van der Waals surface area contributed by atoms with Crippen molar-refractivity contribution in [2.24, 2.45) is 10.7 Å². The number of hydrogen-bond donors (Lipinski definition) is 1. The van der Waals surface area contributed by atoms with Crippen LogP contribution in [0.4, 0.5) is 5.69 Å². The summed E-state index contributed by atoms with van der Waals surface area (Å²) in [4.78, 5) is 6.69. The highest BCUT2D eigenvalue weighted by Crippen LogP contribution is 2.41. The van der Waals surface area contributed by atoms with Gasteiger partial charge in [0.15, 0.2) is 5.96 Å². The molecule has 0 aliphatic carbocycles. The molecule has 5 nitrogen and oxygen atoms in total. The minimum absolute atomic E-state index is 0.0690. The smallest absolute Gasteiger partial charge is 0.196 e. The first kappa shape index (κ1) is 14.2. The molecule has 114 valence electrons. The van der Waals surface area contributed by atoms with Gasteiger partial charge in [0.05, 0.1) is 24.8 Å². The van der Waals surface area contributed by atoms with E-state index >= 15 is 0 Å². The summed E-state index contributed by atoms with van der Waals surface area (Å²) in [6.45, 7) is 5.74. The highest BCUT2D eigenvalue weighted by Gasteiger charge is 2.49. The Kier molecular flexibility index (Phi) is 3.32. The third-order valence-electron chi connectivity index (χ3n) is 4.38. The van der Waals surface area contributed by atoms with E-state index in [1.54, 1.807) is 7.11 Å². The lowest BCUT2D eigenvalue weighted by Crippen LogP contribution is -2.58. The van der Waals surface area contributed by atoms with E-state index in [-0.39, 0.29) is 11.1 Å². The van der Waals surface area contributed by atoms with E-state index in [0.29, 0.717) is 5.96 Å². The maximum Gasteiger partial charge on any atom is 0.196 e. The summed E-state index contributed by atoms with van der Waals surface area (Å²) in [5.74, 6) is 1.44. The number of anilines is 1. The highest BCUT2D eigenvalue weighted by atomic mass is 16.5. The molecule has 0 aromatic heterocycles. The average molecular weight is 289 g/mol. The van der Waals surface area contributed by atoms with E-state index in [0.717, 1.165) is 37.4 Å². The molecule has 1 spiro atoms. The minimum atomic E-state index is -0.150. The van der Waals surface area contributed by atoms with Gasteiger partial charge >= 0.3 is 0 Å². The number of benzene rings is 1. The molecule has 2 aliphatic heterocycles. The van der Waals surface area contributed by atoms with Crippen molar-refractivity contribution in [1.82, 2.24) is 0 Å². The van der Waals surface area contributed by atoms with Crippen molar-refractivity contribution in [1.29, 1.82) is 0 Å². The number of nitrogens with two attached hydrogens (primary N) is 1. The summed E-state index contributed by atoms with van der Waals surface area (Å²) in [5.41, 5.74) is 7.02. The predicted molar refractivity (Wildman–Crippen MR) is 84.0 cm³/mol. The zero-order chi connectivity index (χ0) is 15.1. The van der Waals surface area contributed by atoms with Crippen LogP contribution >= 0.6 is 0 Å². The van der Waals surface area contributed by atoms with Gasteiger partial charge in [-0.3, -0.25) is 4.99 Å². The van der Waals surface area contributed by atoms with Crippen molar-refractivity contribution in [3.05, 3.63) is 24.3 Å². The molecule has 2 heterocycles. The van der Waals surface area contributed by atoms with Crippen LogP contribution in [-0.4, -0.2) is 37.4 Å². The maximum atomic E-state index is 6.18. The van der Waals surface area contributed by atoms with Crippen LogP contribution in [0.2, 0.25) is 0 Å². The molecule has 21 heavy (non-hydrogen) atoms. The number of rotatable bonds is 2. The summed E-state index contributed by atoms with van der Waals surface area (Å²) in [5, 5.41) is 0. The molecule has 0 bridgehead atoms. The van der Waals surface area contributed by atoms with Crippen LogP contribution in [0.3, 0.4) is 0 Å². The zero-order valence-electron chi connectivity index (χ0n) is 12.9. The van der Waals surface area contributed by atoms with Crippen LogP contribution in [0.25, 0.3) is 0 Å². The first-order chi connectivity index (χ1) is 9.96. The van der Waals surface area contributed by atoms with Crippen LogP contribution in [0, 0.1) is 0 Å². The molecular formula is C16H23N3O2. The summed E-state index contributed by atoms with van der Waals surface area (Å²) in [7, 11) is 1.67. The summed E-state index contributed by atoms with van der Waals surface area (Å²) in [6.07, 6.45) is 1.85. The normalized spacial score (nSPS) is 27.8. The second-order valence-electron chi connectivity index (χ2n) is 6.47. The first-order valence-electron chi connectivity index (χ1n) is 7.34. The molecule has 1 fully saturated rings. The molecule has 1 aromatic rings. The van der Waals surface area contributed by atoms with E-state index in [4.69, 9.17) is 15.2 Å². The molecule has 1 saturated heterocycles. The Hall–Kier alpha value is -1.75. The number of aliphatic imine (C=N–C) groups is 1. The standard InChI is InChI=1S/C16H23N3O2/c1-15(2)10-16(8-9-21-15)11-18-14(17)19(16)12-4-6-13(20-3)7-5-12/h4-7H,8-11H2,1-3H3,(H2,17,18). The molecule has 3 rings (SSSR count). The van der Waals surface area contributed by atoms with E-state index in [2.05, 4.69) is 23.7 Å². The Labute approximate surface area is 125 Å². The average Bonchev–Trinajstić information content (AvgIpc) is 2.74. The zero-order valence-corrected chi connectivity index (χ0v) is 12.9. The highest BCUT2D eigenvalue weighted by molar-refractivity contribution is 5.98. The third-order valence-corrected chi connectivity index (χ3v) is 4.38. The first-order valence-corrected chi connectivity index (χ1v) is 7.34. The van der Waals surface area contributed by atoms with E-state index in [9.17, 15) is 0 Å². The fourth-order valence-electron chi connectivity index (χ4n) is 3.52. The Morgan fingerprint density at radius 3 is 2.62 bits per heavy atom. The van der Waals surface area contributed by atoms with Gasteiger partial charge in [-0.25, -0.2) is 0 Å². The number of methoxy groups -OCH3 is 1. The SMILES string of the molecule is COc1ccc(N2C(N)=NCC23CCOC(C)(C)C3)cc1. The monoisotopic (exact) mass is 289 g/mol. The Morgan fingerprint density at radius 2 is 2.00 bits per heavy atom. The minimum Gasteiger partial charge on any atom is -0.497 e. The predicted octanol–water partition coefficient (Wildman–Crippen LogP) is 2.16. The second-order valence-corrected chi connectivity index (χ2v) is 6.47. The molecule has 0 radical (unpaired) electrons. The molecule has 2 N–H and O–H groups in total. The third kappa shape index (κ3) is 2.46. The van der Waals surface area contributed by atoms with Gasteiger partial charge in [-0.05, 0) is 44.5 Å². The van der Waals surface area contributed by atoms with E-state index in [1.165, 1.54) is 0 Å². The van der Waals surface area contributed by atoms with Gasteiger partial charge in [0.25, 0.3) is 0 Å². The van der Waals surface area contributed by atoms with Crippen LogP contribution in [0.1, 0.15) is 26.7 Å². The molecule has 1 atom stereocenters. The van der Waals surface area contributed by atoms with Crippen molar-refractivity contribution in [3.8, 4) is 5.75 Å². The summed E-state index contributed by atoms with van der Waals surface area (Å²) < 4.78 is 11.1. The van der Waals surface area contributed by atoms with Crippen LogP contribution in [0.15, 0.2) is 29.3 Å². The van der Waals surface area contributed by atoms with Crippen molar-refractivity contribution >= 4 is 11.6 Å². The van der Waals surface area contributed by atoms with Gasteiger partial charge in [0, 0.05) is 18.7 Å². The maximum absolute atomic E-state index is 6.18. The number of hydrogen-bond acceptors (Lipinski definition) is 5. The summed E-state index contributed by atoms with van der Waals surface area (Å²) >= 11 is 0. The van der Waals surface area contributed by atoms with E-state index in [1.807, 2.05) is 24.3 Å². The topological polar surface area (TPSA) is 60.1 Å². The quantitative estimate of drug-likeness (QED) is 0.906. The fraction of sp³-hybridized carbons (Fsp3) is 0.562. The molecule has 5 heteroatoms. The van der Waals surface area contributed by atoms with Crippen molar-refractivity contribution in [3.63, 3.8) is 0 Å². The Balaban J connectivity index is 1.95. The van der Waals surface area contributed by atoms with Crippen LogP contribution in [0.5, 0.6) is 5.75 Å². The van der Waals surface area contributed by atoms with Crippen LogP contribution in [-0.2, 0) is 4.74 Å². The van der Waals surface area contributed by atoms with Crippen LogP contribution < -0.4 is 15.4 Å². The van der Waals surface area contributed by atoms with Crippen molar-refractivity contribution in [2.45, 2.75) is 37.8 Å². The van der Waals surface area contributed by atoms with Gasteiger partial charge in [-0.1, -0.05) is 0 Å². The largest absolute Gasteiger partial charge is 0.497 e. The molecular weight excluding hydrogens is 266 g/mol. The molecule has 2 aliphatic rings. The molecule has 1 aromatic carbocycles. The van der Waals surface area contributed by atoms with Gasteiger partial charge in [-0.15, -0.1) is 0 Å². The lowest BCUT2D eigenvalue weighted by atomic mass is 9.80. The number of nitrogens with zero attached hydrogens (tertiary/aromatic N) is 2. The lowest BCUT2D eigenvalue weighted by molar-refractivity contribution is -0.0757. The summed E-state index contributed by atoms with van der Waals surface area (Å²) in [6, 6.07) is 7.99. The van der Waals surface area contributed by atoms with Gasteiger partial charge in [0.2, 0.25) is 0 Å². The molecule has 0 amide bonds. The second kappa shape index (κ2) is 4.91. The molecule has 1 unspecified atom stereocenters.